The van der Waals surface area contributed by atoms with E-state index in [0.29, 0.717) is 16.9 Å². The molecule has 2 aromatic carbocycles. The molecule has 0 aliphatic rings. The molecule has 0 aliphatic carbocycles. The van der Waals surface area contributed by atoms with E-state index < -0.39 is 11.7 Å². The highest BCUT2D eigenvalue weighted by atomic mass is 79.9. The lowest BCUT2D eigenvalue weighted by atomic mass is 10.0. The lowest BCUT2D eigenvalue weighted by Crippen LogP contribution is -2.11. The maximum Gasteiger partial charge on any atom is 0.416 e. The van der Waals surface area contributed by atoms with Gasteiger partial charge in [-0.2, -0.15) is 13.2 Å². The van der Waals surface area contributed by atoms with Crippen molar-refractivity contribution in [3.05, 3.63) is 58.1 Å². The molecule has 1 N–H and O–H groups in total. The number of fused-ring (bicyclic) bond motifs is 1. The summed E-state index contributed by atoms with van der Waals surface area (Å²) in [4.78, 5) is 0. The lowest BCUT2D eigenvalue weighted by molar-refractivity contribution is -0.137. The summed E-state index contributed by atoms with van der Waals surface area (Å²) in [7, 11) is 0. The Morgan fingerprint density at radius 1 is 1.08 bits per heavy atom. The normalized spacial score (nSPS) is 13.0. The minimum absolute atomic E-state index is 0.383. The molecule has 0 radical (unpaired) electrons. The SMILES string of the molecule is C[C@@H](Nc1nnnc2ccc(Br)cc12)c1cccc(C(F)(F)F)c1. The van der Waals surface area contributed by atoms with Crippen LogP contribution >= 0.6 is 15.9 Å². The Bertz CT molecular complexity index is 883. The van der Waals surface area contributed by atoms with E-state index in [-0.39, 0.29) is 6.04 Å². The van der Waals surface area contributed by atoms with Crippen LogP contribution < -0.4 is 5.32 Å². The van der Waals surface area contributed by atoms with Crippen LogP contribution in [-0.4, -0.2) is 15.4 Å². The molecule has 0 saturated heterocycles. The summed E-state index contributed by atoms with van der Waals surface area (Å²) in [5.74, 6) is 0.464. The highest BCUT2D eigenvalue weighted by molar-refractivity contribution is 9.10. The Labute approximate surface area is 144 Å². The molecule has 0 spiro atoms. The van der Waals surface area contributed by atoms with Gasteiger partial charge in [-0.15, -0.1) is 10.2 Å². The largest absolute Gasteiger partial charge is 0.416 e. The second kappa shape index (κ2) is 6.35. The first-order valence-electron chi connectivity index (χ1n) is 7.07. The van der Waals surface area contributed by atoms with Crippen LogP contribution in [0.5, 0.6) is 0 Å². The number of hydrogen-bond donors (Lipinski definition) is 1. The molecule has 0 unspecified atom stereocenters. The molecule has 3 rings (SSSR count). The average molecular weight is 397 g/mol. The molecule has 4 nitrogen and oxygen atoms in total. The molecule has 1 atom stereocenters. The van der Waals surface area contributed by atoms with Gasteiger partial charge in [-0.1, -0.05) is 28.1 Å². The van der Waals surface area contributed by atoms with Crippen LogP contribution in [0.2, 0.25) is 0 Å². The minimum atomic E-state index is -4.37. The number of anilines is 1. The highest BCUT2D eigenvalue weighted by Crippen LogP contribution is 2.32. The van der Waals surface area contributed by atoms with Crippen molar-refractivity contribution >= 4 is 32.7 Å². The van der Waals surface area contributed by atoms with E-state index in [0.717, 1.165) is 22.0 Å². The van der Waals surface area contributed by atoms with Gasteiger partial charge < -0.3 is 5.32 Å². The van der Waals surface area contributed by atoms with Crippen LogP contribution in [0.25, 0.3) is 10.9 Å². The summed E-state index contributed by atoms with van der Waals surface area (Å²) in [6.45, 7) is 1.77. The molecule has 24 heavy (non-hydrogen) atoms. The van der Waals surface area contributed by atoms with Gasteiger partial charge in [0.2, 0.25) is 0 Å². The molecular weight excluding hydrogens is 385 g/mol. The van der Waals surface area contributed by atoms with Gasteiger partial charge in [-0.25, -0.2) is 0 Å². The lowest BCUT2D eigenvalue weighted by Gasteiger charge is -2.17. The van der Waals surface area contributed by atoms with Crippen LogP contribution in [0.1, 0.15) is 24.1 Å². The van der Waals surface area contributed by atoms with Crippen molar-refractivity contribution in [3.8, 4) is 0 Å². The Kier molecular flexibility index (Phi) is 4.40. The molecule has 0 aliphatic heterocycles. The fraction of sp³-hybridized carbons (Fsp3) is 0.188. The van der Waals surface area contributed by atoms with E-state index in [9.17, 15) is 13.2 Å². The number of alkyl halides is 3. The summed E-state index contributed by atoms with van der Waals surface area (Å²) in [5, 5.41) is 15.4. The monoisotopic (exact) mass is 396 g/mol. The number of hydrogen-bond acceptors (Lipinski definition) is 4. The number of rotatable bonds is 3. The van der Waals surface area contributed by atoms with E-state index in [1.54, 1.807) is 19.1 Å². The zero-order chi connectivity index (χ0) is 17.3. The average Bonchev–Trinajstić information content (AvgIpc) is 2.55. The van der Waals surface area contributed by atoms with E-state index in [1.807, 2.05) is 12.1 Å². The number of nitrogens with one attached hydrogen (secondary N) is 1. The van der Waals surface area contributed by atoms with Crippen LogP contribution in [0.4, 0.5) is 19.0 Å². The van der Waals surface area contributed by atoms with Crippen molar-refractivity contribution in [2.75, 3.05) is 5.32 Å². The van der Waals surface area contributed by atoms with E-state index in [1.165, 1.54) is 6.07 Å². The van der Waals surface area contributed by atoms with Crippen LogP contribution in [0.3, 0.4) is 0 Å². The second-order valence-corrected chi connectivity index (χ2v) is 6.20. The summed E-state index contributed by atoms with van der Waals surface area (Å²) in [6.07, 6.45) is -4.37. The molecule has 0 fully saturated rings. The van der Waals surface area contributed by atoms with Crippen molar-refractivity contribution < 1.29 is 13.2 Å². The molecule has 8 heteroatoms. The predicted octanol–water partition coefficient (Wildman–Crippen LogP) is 4.98. The number of benzene rings is 2. The third-order valence-corrected chi connectivity index (χ3v) is 4.07. The van der Waals surface area contributed by atoms with Gasteiger partial charge >= 0.3 is 6.18 Å². The van der Waals surface area contributed by atoms with Gasteiger partial charge in [0.15, 0.2) is 5.82 Å². The Balaban J connectivity index is 1.93. The summed E-state index contributed by atoms with van der Waals surface area (Å²) in [5.41, 5.74) is 0.473. The van der Waals surface area contributed by atoms with Crippen molar-refractivity contribution in [2.45, 2.75) is 19.1 Å². The maximum atomic E-state index is 12.9. The van der Waals surface area contributed by atoms with Gasteiger partial charge in [0, 0.05) is 9.86 Å². The van der Waals surface area contributed by atoms with Crippen molar-refractivity contribution in [2.24, 2.45) is 0 Å². The third-order valence-electron chi connectivity index (χ3n) is 3.58. The van der Waals surface area contributed by atoms with Gasteiger partial charge in [0.25, 0.3) is 0 Å². The van der Waals surface area contributed by atoms with E-state index in [4.69, 9.17) is 0 Å². The fourth-order valence-electron chi connectivity index (χ4n) is 2.33. The Hall–Kier alpha value is -2.22. The smallest absolute Gasteiger partial charge is 0.361 e. The van der Waals surface area contributed by atoms with Crippen molar-refractivity contribution in [1.82, 2.24) is 15.4 Å². The molecule has 1 aromatic heterocycles. The maximum absolute atomic E-state index is 12.9. The molecular formula is C16H12BrF3N4. The summed E-state index contributed by atoms with van der Waals surface area (Å²) < 4.78 is 39.4. The van der Waals surface area contributed by atoms with Gasteiger partial charge in [0.05, 0.1) is 17.1 Å². The van der Waals surface area contributed by atoms with Crippen LogP contribution in [-0.2, 0) is 6.18 Å². The van der Waals surface area contributed by atoms with Crippen molar-refractivity contribution in [1.29, 1.82) is 0 Å². The Morgan fingerprint density at radius 3 is 2.62 bits per heavy atom. The predicted molar refractivity (Wildman–Crippen MR) is 88.5 cm³/mol. The van der Waals surface area contributed by atoms with Crippen LogP contribution in [0.15, 0.2) is 46.9 Å². The number of aromatic nitrogens is 3. The number of halogens is 4. The van der Waals surface area contributed by atoms with Gasteiger partial charge in [-0.3, -0.25) is 0 Å². The first-order valence-corrected chi connectivity index (χ1v) is 7.86. The molecule has 124 valence electrons. The summed E-state index contributed by atoms with van der Waals surface area (Å²) in [6, 6.07) is 10.3. The Morgan fingerprint density at radius 2 is 1.88 bits per heavy atom. The molecule has 1 heterocycles. The molecule has 3 aromatic rings. The standard InChI is InChI=1S/C16H12BrF3N4/c1-9(10-3-2-4-11(7-10)16(18,19)20)21-15-13-8-12(17)5-6-14(13)22-24-23-15/h2-9H,1H3,(H,21,22,23)/t9-/m1/s1. The minimum Gasteiger partial charge on any atom is -0.361 e. The summed E-state index contributed by atoms with van der Waals surface area (Å²) >= 11 is 3.38. The van der Waals surface area contributed by atoms with Crippen LogP contribution in [0, 0.1) is 0 Å². The highest BCUT2D eigenvalue weighted by Gasteiger charge is 2.30. The van der Waals surface area contributed by atoms with Gasteiger partial charge in [-0.05, 0) is 48.0 Å². The first-order chi connectivity index (χ1) is 11.3. The quantitative estimate of drug-likeness (QED) is 0.678. The number of nitrogens with zero attached hydrogens (tertiary/aromatic N) is 3. The first kappa shape index (κ1) is 16.6. The van der Waals surface area contributed by atoms with E-state index in [2.05, 4.69) is 36.7 Å². The molecule has 0 bridgehead atoms. The zero-order valence-electron chi connectivity index (χ0n) is 12.5. The van der Waals surface area contributed by atoms with Crippen molar-refractivity contribution in [3.63, 3.8) is 0 Å². The van der Waals surface area contributed by atoms with Gasteiger partial charge in [0.1, 0.15) is 0 Å². The topological polar surface area (TPSA) is 50.7 Å². The van der Waals surface area contributed by atoms with E-state index >= 15 is 0 Å². The zero-order valence-corrected chi connectivity index (χ0v) is 14.1. The molecule has 0 saturated carbocycles. The third kappa shape index (κ3) is 3.48. The second-order valence-electron chi connectivity index (χ2n) is 5.29. The molecule has 0 amide bonds. The fourth-order valence-corrected chi connectivity index (χ4v) is 2.69.